The van der Waals surface area contributed by atoms with Crippen LogP contribution in [0, 0.1) is 13.8 Å². The van der Waals surface area contributed by atoms with Crippen molar-refractivity contribution >= 4 is 11.9 Å². The highest BCUT2D eigenvalue weighted by Gasteiger charge is 2.28. The minimum absolute atomic E-state index is 0.214. The number of aryl methyl sites for hydroxylation is 2. The van der Waals surface area contributed by atoms with Crippen molar-refractivity contribution in [1.29, 1.82) is 0 Å². The van der Waals surface area contributed by atoms with Gasteiger partial charge in [-0.05, 0) is 103 Å². The number of hydrogen-bond donors (Lipinski definition) is 2. The van der Waals surface area contributed by atoms with E-state index in [0.717, 1.165) is 28.7 Å². The second kappa shape index (κ2) is 10.8. The largest absolute Gasteiger partial charge is 0.478 e. The Balaban J connectivity index is 1.55. The molecule has 0 saturated heterocycles. The molecule has 0 saturated carbocycles. The molecule has 4 rings (SSSR count). The molecule has 0 heterocycles. The Morgan fingerprint density at radius 3 is 1.32 bits per heavy atom. The summed E-state index contributed by atoms with van der Waals surface area (Å²) in [6.07, 6.45) is 0.875. The van der Waals surface area contributed by atoms with E-state index in [1.165, 1.54) is 24.3 Å². The maximum atomic E-state index is 11.1. The maximum Gasteiger partial charge on any atom is 0.335 e. The molecule has 0 aromatic heterocycles. The molecule has 0 amide bonds. The second-order valence-corrected chi connectivity index (χ2v) is 9.51. The van der Waals surface area contributed by atoms with Crippen LogP contribution in [0.5, 0.6) is 23.0 Å². The monoisotopic (exact) mass is 510 g/mol. The second-order valence-electron chi connectivity index (χ2n) is 9.51. The molecular formula is C32H30O6. The summed E-state index contributed by atoms with van der Waals surface area (Å²) in [5.74, 6) is 0.634. The predicted octanol–water partition coefficient (Wildman–Crippen LogP) is 8.00. The van der Waals surface area contributed by atoms with Gasteiger partial charge < -0.3 is 19.7 Å². The molecule has 0 aliphatic heterocycles. The highest BCUT2D eigenvalue weighted by Crippen LogP contribution is 2.39. The van der Waals surface area contributed by atoms with Gasteiger partial charge in [-0.25, -0.2) is 9.59 Å². The first-order valence-corrected chi connectivity index (χ1v) is 12.4. The van der Waals surface area contributed by atoms with E-state index in [1.54, 1.807) is 24.3 Å². The maximum absolute atomic E-state index is 11.1. The van der Waals surface area contributed by atoms with E-state index in [2.05, 4.69) is 38.1 Å². The molecule has 6 heteroatoms. The van der Waals surface area contributed by atoms with Gasteiger partial charge in [-0.1, -0.05) is 38.1 Å². The van der Waals surface area contributed by atoms with Gasteiger partial charge in [-0.2, -0.15) is 0 Å². The van der Waals surface area contributed by atoms with Gasteiger partial charge in [0.25, 0.3) is 0 Å². The molecule has 0 atom stereocenters. The zero-order valence-corrected chi connectivity index (χ0v) is 21.8. The van der Waals surface area contributed by atoms with Crippen molar-refractivity contribution in [1.82, 2.24) is 0 Å². The van der Waals surface area contributed by atoms with Crippen molar-refractivity contribution in [2.24, 2.45) is 0 Å². The fourth-order valence-corrected chi connectivity index (χ4v) is 4.37. The van der Waals surface area contributed by atoms with Crippen molar-refractivity contribution in [2.75, 3.05) is 0 Å². The standard InChI is InChI=1S/C32H30O6/c1-5-32(4,24-10-16-28(20(2)18-24)37-26-12-6-22(7-13-26)30(33)34)25-11-17-29(21(3)19-25)38-27-14-8-23(9-15-27)31(35)36/h6-19H,5H2,1-4H3,(H,33,34)(H,35,36). The summed E-state index contributed by atoms with van der Waals surface area (Å²) >= 11 is 0. The van der Waals surface area contributed by atoms with E-state index in [9.17, 15) is 9.59 Å². The number of carbonyl (C=O) groups is 2. The van der Waals surface area contributed by atoms with E-state index in [0.29, 0.717) is 23.0 Å². The molecule has 2 N–H and O–H groups in total. The fraction of sp³-hybridized carbons (Fsp3) is 0.188. The fourth-order valence-electron chi connectivity index (χ4n) is 4.37. The first kappa shape index (κ1) is 26.5. The number of ether oxygens (including phenoxy) is 2. The number of carboxylic acid groups (broad SMARTS) is 2. The summed E-state index contributed by atoms with van der Waals surface area (Å²) < 4.78 is 12.0. The number of hydrogen-bond acceptors (Lipinski definition) is 4. The molecular weight excluding hydrogens is 480 g/mol. The Labute approximate surface area is 222 Å². The highest BCUT2D eigenvalue weighted by molar-refractivity contribution is 5.88. The Morgan fingerprint density at radius 1 is 0.658 bits per heavy atom. The minimum Gasteiger partial charge on any atom is -0.478 e. The van der Waals surface area contributed by atoms with Gasteiger partial charge in [0.15, 0.2) is 0 Å². The summed E-state index contributed by atoms with van der Waals surface area (Å²) in [6.45, 7) is 8.37. The molecule has 4 aromatic rings. The zero-order chi connectivity index (χ0) is 27.4. The number of rotatable bonds is 9. The highest BCUT2D eigenvalue weighted by atomic mass is 16.5. The third kappa shape index (κ3) is 5.54. The van der Waals surface area contributed by atoms with Crippen LogP contribution in [-0.4, -0.2) is 22.2 Å². The molecule has 0 spiro atoms. The summed E-state index contributed by atoms with van der Waals surface area (Å²) in [7, 11) is 0. The predicted molar refractivity (Wildman–Crippen MR) is 146 cm³/mol. The van der Waals surface area contributed by atoms with Gasteiger partial charge >= 0.3 is 11.9 Å². The van der Waals surface area contributed by atoms with Crippen LogP contribution in [0.2, 0.25) is 0 Å². The lowest BCUT2D eigenvalue weighted by molar-refractivity contribution is 0.0686. The summed E-state index contributed by atoms with van der Waals surface area (Å²) in [5.41, 5.74) is 4.44. The Hall–Kier alpha value is -4.58. The molecule has 0 aliphatic rings. The average molecular weight is 511 g/mol. The minimum atomic E-state index is -0.972. The molecule has 0 aliphatic carbocycles. The van der Waals surface area contributed by atoms with Crippen LogP contribution in [0.15, 0.2) is 84.9 Å². The van der Waals surface area contributed by atoms with Crippen molar-refractivity contribution in [3.05, 3.63) is 118 Å². The molecule has 0 unspecified atom stereocenters. The molecule has 0 radical (unpaired) electrons. The van der Waals surface area contributed by atoms with E-state index in [-0.39, 0.29) is 16.5 Å². The van der Waals surface area contributed by atoms with E-state index >= 15 is 0 Å². The lowest BCUT2D eigenvalue weighted by Crippen LogP contribution is -2.23. The van der Waals surface area contributed by atoms with Crippen molar-refractivity contribution in [3.8, 4) is 23.0 Å². The summed E-state index contributed by atoms with van der Waals surface area (Å²) in [4.78, 5) is 22.2. The Kier molecular flexibility index (Phi) is 7.53. The van der Waals surface area contributed by atoms with Gasteiger partial charge in [0.1, 0.15) is 23.0 Å². The van der Waals surface area contributed by atoms with Gasteiger partial charge in [0, 0.05) is 5.41 Å². The lowest BCUT2D eigenvalue weighted by atomic mass is 9.73. The first-order chi connectivity index (χ1) is 18.1. The summed E-state index contributed by atoms with van der Waals surface area (Å²) in [5, 5.41) is 18.2. The van der Waals surface area contributed by atoms with Crippen LogP contribution in [-0.2, 0) is 5.41 Å². The molecule has 194 valence electrons. The van der Waals surface area contributed by atoms with Gasteiger partial charge in [-0.3, -0.25) is 0 Å². The quantitative estimate of drug-likeness (QED) is 0.237. The van der Waals surface area contributed by atoms with Crippen molar-refractivity contribution < 1.29 is 29.3 Å². The summed E-state index contributed by atoms with van der Waals surface area (Å²) in [6, 6.07) is 25.0. The third-order valence-corrected chi connectivity index (χ3v) is 6.99. The van der Waals surface area contributed by atoms with Crippen LogP contribution < -0.4 is 9.47 Å². The first-order valence-electron chi connectivity index (χ1n) is 12.4. The van der Waals surface area contributed by atoms with E-state index in [4.69, 9.17) is 19.7 Å². The number of aromatic carboxylic acids is 2. The van der Waals surface area contributed by atoms with E-state index < -0.39 is 11.9 Å². The van der Waals surface area contributed by atoms with Gasteiger partial charge in [-0.15, -0.1) is 0 Å². The zero-order valence-electron chi connectivity index (χ0n) is 21.8. The van der Waals surface area contributed by atoms with Crippen molar-refractivity contribution in [3.63, 3.8) is 0 Å². The van der Waals surface area contributed by atoms with Gasteiger partial charge in [0.2, 0.25) is 0 Å². The van der Waals surface area contributed by atoms with Crippen molar-refractivity contribution in [2.45, 2.75) is 39.5 Å². The third-order valence-electron chi connectivity index (χ3n) is 6.99. The Bertz CT molecular complexity index is 1360. The lowest BCUT2D eigenvalue weighted by Gasteiger charge is -2.31. The Morgan fingerprint density at radius 2 is 1.03 bits per heavy atom. The molecule has 38 heavy (non-hydrogen) atoms. The molecule has 6 nitrogen and oxygen atoms in total. The van der Waals surface area contributed by atoms with Crippen LogP contribution in [0.3, 0.4) is 0 Å². The average Bonchev–Trinajstić information content (AvgIpc) is 2.91. The van der Waals surface area contributed by atoms with E-state index in [1.807, 2.05) is 26.0 Å². The topological polar surface area (TPSA) is 93.1 Å². The molecule has 4 aromatic carbocycles. The van der Waals surface area contributed by atoms with Crippen LogP contribution >= 0.6 is 0 Å². The molecule has 0 bridgehead atoms. The number of benzene rings is 4. The number of carboxylic acids is 2. The SMILES string of the molecule is CCC(C)(c1ccc(Oc2ccc(C(=O)O)cc2)c(C)c1)c1ccc(Oc2ccc(C(=O)O)cc2)c(C)c1. The normalized spacial score (nSPS) is 11.2. The molecule has 0 fully saturated rings. The van der Waals surface area contributed by atoms with Crippen LogP contribution in [0.4, 0.5) is 0 Å². The van der Waals surface area contributed by atoms with Gasteiger partial charge in [0.05, 0.1) is 11.1 Å². The smallest absolute Gasteiger partial charge is 0.335 e. The van der Waals surface area contributed by atoms with Crippen LogP contribution in [0.25, 0.3) is 0 Å². The van der Waals surface area contributed by atoms with Crippen LogP contribution in [0.1, 0.15) is 63.2 Å².